The molecule has 1 N–H and O–H groups in total. The van der Waals surface area contributed by atoms with Crippen LogP contribution in [0.3, 0.4) is 0 Å². The van der Waals surface area contributed by atoms with Gasteiger partial charge in [-0.15, -0.1) is 12.1 Å². The van der Waals surface area contributed by atoms with Crippen molar-refractivity contribution in [1.29, 1.82) is 0 Å². The maximum atomic E-state index is 8.58. The van der Waals surface area contributed by atoms with Gasteiger partial charge in [0.2, 0.25) is 0 Å². The van der Waals surface area contributed by atoms with Crippen molar-refractivity contribution in [2.24, 2.45) is 0 Å². The Balaban J connectivity index is 0. The number of phenolic OH excluding ortho intramolecular Hbond substituents is 1. The van der Waals surface area contributed by atoms with Crippen LogP contribution in [-0.2, 0) is 0 Å². The Kier molecular flexibility index (Phi) is 8.51. The van der Waals surface area contributed by atoms with Crippen LogP contribution in [0.1, 0.15) is 0 Å². The molecule has 1 nitrogen and oxygen atoms in total. The maximum Gasteiger partial charge on any atom is 2.00 e. The van der Waals surface area contributed by atoms with E-state index in [9.17, 15) is 0 Å². The number of hydrogen-bond donors (Lipinski definition) is 1. The Hall–Kier alpha value is 0.266. The fraction of sp³-hybridized carbons (Fsp3) is 0. The van der Waals surface area contributed by atoms with Crippen LogP contribution >= 0.6 is 0 Å². The maximum absolute atomic E-state index is 8.58. The minimum Gasteiger partial charge on any atom is -1.00 e. The normalized spacial score (nSPS) is 6.67. The first kappa shape index (κ1) is 12.0. The van der Waals surface area contributed by atoms with Crippen molar-refractivity contribution in [2.45, 2.75) is 0 Å². The van der Waals surface area contributed by atoms with Crippen molar-refractivity contribution in [2.75, 3.05) is 0 Å². The standard InChI is InChI=1S/C6H5O.BrH.Mg/c7-6-4-2-1-3-5-6;;/h1-4,7H;1H;/q-1;;+2/p-1. The van der Waals surface area contributed by atoms with E-state index in [0.29, 0.717) is 0 Å². The zero-order chi connectivity index (χ0) is 5.11. The van der Waals surface area contributed by atoms with Crippen LogP contribution in [0.15, 0.2) is 24.3 Å². The van der Waals surface area contributed by atoms with Gasteiger partial charge >= 0.3 is 23.1 Å². The molecule has 0 aliphatic heterocycles. The minimum atomic E-state index is 0. The molecule has 3 heteroatoms. The molecule has 0 saturated heterocycles. The van der Waals surface area contributed by atoms with Crippen LogP contribution in [-0.4, -0.2) is 28.2 Å². The minimum absolute atomic E-state index is 0. The summed E-state index contributed by atoms with van der Waals surface area (Å²) in [5.41, 5.74) is 0. The topological polar surface area (TPSA) is 20.2 Å². The van der Waals surface area contributed by atoms with Crippen LogP contribution in [0.2, 0.25) is 0 Å². The molecule has 1 rings (SSSR count). The van der Waals surface area contributed by atoms with E-state index in [0.717, 1.165) is 0 Å². The molecule has 0 aromatic heterocycles. The first-order chi connectivity index (χ1) is 3.39. The van der Waals surface area contributed by atoms with E-state index in [-0.39, 0.29) is 45.8 Å². The molecule has 0 aliphatic carbocycles. The Morgan fingerprint density at radius 3 is 2.22 bits per heavy atom. The molecule has 0 saturated carbocycles. The van der Waals surface area contributed by atoms with Gasteiger partial charge in [0.1, 0.15) is 0 Å². The molecule has 0 spiro atoms. The van der Waals surface area contributed by atoms with Gasteiger partial charge in [0.25, 0.3) is 0 Å². The molecule has 0 atom stereocenters. The molecule has 0 fully saturated rings. The van der Waals surface area contributed by atoms with Gasteiger partial charge in [-0.2, -0.15) is 18.2 Å². The van der Waals surface area contributed by atoms with Gasteiger partial charge in [-0.3, -0.25) is 0 Å². The Morgan fingerprint density at radius 1 is 1.33 bits per heavy atom. The molecule has 1 aromatic carbocycles. The zero-order valence-corrected chi connectivity index (χ0v) is 7.84. The number of benzene rings is 1. The third-order valence-corrected chi connectivity index (χ3v) is 0.693. The number of halogens is 1. The molecule has 0 aliphatic rings. The quantitative estimate of drug-likeness (QED) is 0.370. The van der Waals surface area contributed by atoms with Crippen LogP contribution < -0.4 is 17.0 Å². The van der Waals surface area contributed by atoms with E-state index < -0.39 is 0 Å². The Bertz CT molecular complexity index is 143. The summed E-state index contributed by atoms with van der Waals surface area (Å²) in [6, 6.07) is 9.39. The molecular formula is C6H5BrMgO. The van der Waals surface area contributed by atoms with Crippen LogP contribution in [0.5, 0.6) is 5.75 Å². The van der Waals surface area contributed by atoms with Crippen molar-refractivity contribution >= 4 is 23.1 Å². The van der Waals surface area contributed by atoms with Gasteiger partial charge in [-0.1, -0.05) is 0 Å². The van der Waals surface area contributed by atoms with Crippen LogP contribution in [0.4, 0.5) is 0 Å². The van der Waals surface area contributed by atoms with E-state index in [2.05, 4.69) is 6.07 Å². The van der Waals surface area contributed by atoms with Crippen molar-refractivity contribution in [1.82, 2.24) is 0 Å². The smallest absolute Gasteiger partial charge is 1.00 e. The second-order valence-electron chi connectivity index (χ2n) is 1.25. The average Bonchev–Trinajstić information content (AvgIpc) is 1.69. The number of phenols is 1. The summed E-state index contributed by atoms with van der Waals surface area (Å²) in [4.78, 5) is 0. The van der Waals surface area contributed by atoms with Crippen molar-refractivity contribution in [3.8, 4) is 5.75 Å². The summed E-state index contributed by atoms with van der Waals surface area (Å²) in [6.45, 7) is 0. The predicted octanol–water partition coefficient (Wildman–Crippen LogP) is -2.18. The Morgan fingerprint density at radius 2 is 2.00 bits per heavy atom. The van der Waals surface area contributed by atoms with E-state index in [4.69, 9.17) is 5.11 Å². The molecule has 0 heterocycles. The van der Waals surface area contributed by atoms with E-state index in [1.54, 1.807) is 24.3 Å². The fourth-order valence-electron chi connectivity index (χ4n) is 0.384. The molecule has 0 amide bonds. The van der Waals surface area contributed by atoms with Crippen LogP contribution in [0.25, 0.3) is 0 Å². The summed E-state index contributed by atoms with van der Waals surface area (Å²) in [6.07, 6.45) is 0. The first-order valence-corrected chi connectivity index (χ1v) is 2.05. The van der Waals surface area contributed by atoms with E-state index in [1.165, 1.54) is 0 Å². The van der Waals surface area contributed by atoms with E-state index >= 15 is 0 Å². The molecule has 0 bridgehead atoms. The van der Waals surface area contributed by atoms with Gasteiger partial charge in [0.15, 0.2) is 0 Å². The summed E-state index contributed by atoms with van der Waals surface area (Å²) < 4.78 is 0. The van der Waals surface area contributed by atoms with Crippen LogP contribution in [0, 0.1) is 6.07 Å². The third-order valence-electron chi connectivity index (χ3n) is 0.693. The van der Waals surface area contributed by atoms with Gasteiger partial charge in [0.05, 0.1) is 0 Å². The Labute approximate surface area is 81.0 Å². The molecular weight excluding hydrogens is 192 g/mol. The third kappa shape index (κ3) is 4.75. The summed E-state index contributed by atoms with van der Waals surface area (Å²) >= 11 is 0. The van der Waals surface area contributed by atoms with Gasteiger partial charge in [-0.25, -0.2) is 0 Å². The van der Waals surface area contributed by atoms with E-state index in [1.807, 2.05) is 0 Å². The van der Waals surface area contributed by atoms with Gasteiger partial charge < -0.3 is 22.1 Å². The van der Waals surface area contributed by atoms with Crippen molar-refractivity contribution in [3.63, 3.8) is 0 Å². The molecule has 44 valence electrons. The molecule has 9 heavy (non-hydrogen) atoms. The SMILES string of the molecule is Oc1[c-]cccc1.[Br-].[Mg+2]. The van der Waals surface area contributed by atoms with Gasteiger partial charge in [-0.05, 0) is 0 Å². The number of rotatable bonds is 0. The molecule has 0 radical (unpaired) electrons. The van der Waals surface area contributed by atoms with Gasteiger partial charge in [0, 0.05) is 5.75 Å². The number of aromatic hydroxyl groups is 1. The average molecular weight is 197 g/mol. The summed E-state index contributed by atoms with van der Waals surface area (Å²) in [5, 5.41) is 8.58. The van der Waals surface area contributed by atoms with Crippen molar-refractivity contribution in [3.05, 3.63) is 30.3 Å². The fourth-order valence-corrected chi connectivity index (χ4v) is 0.384. The monoisotopic (exact) mass is 196 g/mol. The zero-order valence-electron chi connectivity index (χ0n) is 4.84. The predicted molar refractivity (Wildman–Crippen MR) is 32.7 cm³/mol. The molecule has 1 aromatic rings. The largest absolute Gasteiger partial charge is 2.00 e. The summed E-state index contributed by atoms with van der Waals surface area (Å²) in [7, 11) is 0. The van der Waals surface area contributed by atoms with Crippen molar-refractivity contribution < 1.29 is 22.1 Å². The second kappa shape index (κ2) is 6.39. The number of hydrogen-bond acceptors (Lipinski definition) is 1. The summed E-state index contributed by atoms with van der Waals surface area (Å²) in [5.74, 6) is 0.197. The number of para-hydroxylation sites is 1. The first-order valence-electron chi connectivity index (χ1n) is 2.05. The second-order valence-corrected chi connectivity index (χ2v) is 1.25. The molecule has 0 unspecified atom stereocenters.